The smallest absolute Gasteiger partial charge is 0.0731 e. The van der Waals surface area contributed by atoms with E-state index in [4.69, 9.17) is 5.73 Å². The molecule has 1 aliphatic rings. The second-order valence-corrected chi connectivity index (χ2v) is 8.14. The van der Waals surface area contributed by atoms with Crippen LogP contribution in [0.1, 0.15) is 33.2 Å². The molecule has 0 aliphatic heterocycles. The van der Waals surface area contributed by atoms with Crippen LogP contribution >= 0.6 is 27.3 Å². The Balaban J connectivity index is 1.91. The highest BCUT2D eigenvalue weighted by atomic mass is 79.9. The van der Waals surface area contributed by atoms with Crippen LogP contribution in [0.3, 0.4) is 0 Å². The fraction of sp³-hybridized carbons (Fsp3) is 0.222. The topological polar surface area (TPSA) is 26.0 Å². The van der Waals surface area contributed by atoms with Crippen LogP contribution in [-0.4, -0.2) is 0 Å². The number of hydrogen-bond donors (Lipinski definition) is 1. The van der Waals surface area contributed by atoms with Gasteiger partial charge in [0.2, 0.25) is 0 Å². The van der Waals surface area contributed by atoms with Crippen LogP contribution in [0.25, 0.3) is 10.8 Å². The van der Waals surface area contributed by atoms with Crippen molar-refractivity contribution in [2.75, 3.05) is 0 Å². The van der Waals surface area contributed by atoms with Crippen LogP contribution in [0.2, 0.25) is 0 Å². The minimum Gasteiger partial charge on any atom is -0.320 e. The van der Waals surface area contributed by atoms with Gasteiger partial charge in [0.1, 0.15) is 0 Å². The molecule has 106 valence electrons. The van der Waals surface area contributed by atoms with Crippen molar-refractivity contribution < 1.29 is 0 Å². The lowest BCUT2D eigenvalue weighted by Gasteiger charge is -2.14. The first-order valence-electron chi connectivity index (χ1n) is 7.20. The summed E-state index contributed by atoms with van der Waals surface area (Å²) in [6, 6.07) is 13.3. The molecule has 2 aromatic carbocycles. The first-order chi connectivity index (χ1) is 10.1. The number of rotatable bonds is 2. The molecule has 4 rings (SSSR count). The summed E-state index contributed by atoms with van der Waals surface area (Å²) in [5.74, 6) is 0. The third-order valence-corrected chi connectivity index (χ3v) is 6.65. The van der Waals surface area contributed by atoms with Crippen molar-refractivity contribution in [3.63, 3.8) is 0 Å². The van der Waals surface area contributed by atoms with E-state index in [1.807, 2.05) is 0 Å². The van der Waals surface area contributed by atoms with Crippen molar-refractivity contribution in [1.29, 1.82) is 0 Å². The monoisotopic (exact) mass is 357 g/mol. The molecule has 0 spiro atoms. The summed E-state index contributed by atoms with van der Waals surface area (Å²) in [5.41, 5.74) is 12.0. The molecule has 1 nitrogen and oxygen atoms in total. The molecule has 0 saturated heterocycles. The summed E-state index contributed by atoms with van der Waals surface area (Å²) in [7, 11) is 0. The van der Waals surface area contributed by atoms with E-state index >= 15 is 0 Å². The highest BCUT2D eigenvalue weighted by Crippen LogP contribution is 2.38. The lowest BCUT2D eigenvalue weighted by atomic mass is 9.95. The molecule has 0 saturated carbocycles. The Morgan fingerprint density at radius 3 is 2.62 bits per heavy atom. The van der Waals surface area contributed by atoms with E-state index in [9.17, 15) is 0 Å². The molecular weight excluding hydrogens is 342 g/mol. The van der Waals surface area contributed by atoms with Gasteiger partial charge in [-0.15, -0.1) is 11.3 Å². The van der Waals surface area contributed by atoms with Gasteiger partial charge in [-0.05, 0) is 74.8 Å². The van der Waals surface area contributed by atoms with Gasteiger partial charge in [-0.2, -0.15) is 0 Å². The number of benzene rings is 2. The number of hydrogen-bond acceptors (Lipinski definition) is 2. The molecule has 3 heteroatoms. The molecule has 2 N–H and O–H groups in total. The van der Waals surface area contributed by atoms with Gasteiger partial charge >= 0.3 is 0 Å². The van der Waals surface area contributed by atoms with Crippen LogP contribution in [0, 0.1) is 6.92 Å². The second-order valence-electron chi connectivity index (χ2n) is 5.74. The Morgan fingerprint density at radius 1 is 1.14 bits per heavy atom. The normalized spacial score (nSPS) is 14.8. The third kappa shape index (κ3) is 2.07. The van der Waals surface area contributed by atoms with Crippen LogP contribution in [0.4, 0.5) is 0 Å². The van der Waals surface area contributed by atoms with E-state index in [0.29, 0.717) is 0 Å². The van der Waals surface area contributed by atoms with Crippen molar-refractivity contribution in [3.8, 4) is 0 Å². The summed E-state index contributed by atoms with van der Waals surface area (Å²) >= 11 is 5.34. The fourth-order valence-electron chi connectivity index (χ4n) is 3.33. The van der Waals surface area contributed by atoms with Crippen molar-refractivity contribution in [3.05, 3.63) is 67.3 Å². The molecular formula is C18H16BrNS. The highest BCUT2D eigenvalue weighted by molar-refractivity contribution is 9.11. The average molecular weight is 358 g/mol. The van der Waals surface area contributed by atoms with Crippen molar-refractivity contribution in [1.82, 2.24) is 0 Å². The van der Waals surface area contributed by atoms with E-state index in [1.165, 1.54) is 41.7 Å². The predicted molar refractivity (Wildman–Crippen MR) is 94.1 cm³/mol. The molecule has 0 fully saturated rings. The largest absolute Gasteiger partial charge is 0.320 e. The van der Waals surface area contributed by atoms with Gasteiger partial charge in [0.25, 0.3) is 0 Å². The van der Waals surface area contributed by atoms with Crippen LogP contribution in [0.5, 0.6) is 0 Å². The molecule has 1 heterocycles. The Morgan fingerprint density at radius 2 is 1.90 bits per heavy atom. The molecule has 0 radical (unpaired) electrons. The number of thiophene rings is 1. The van der Waals surface area contributed by atoms with Gasteiger partial charge in [0.15, 0.2) is 0 Å². The number of nitrogens with two attached hydrogens (primary N) is 1. The zero-order chi connectivity index (χ0) is 14.6. The summed E-state index contributed by atoms with van der Waals surface area (Å²) in [6.45, 7) is 2.12. The second kappa shape index (κ2) is 4.94. The average Bonchev–Trinajstić information content (AvgIpc) is 3.05. The van der Waals surface area contributed by atoms with E-state index in [2.05, 4.69) is 59.3 Å². The Labute approximate surface area is 136 Å². The zero-order valence-corrected chi connectivity index (χ0v) is 14.2. The van der Waals surface area contributed by atoms with E-state index in [-0.39, 0.29) is 6.04 Å². The minimum atomic E-state index is -0.0510. The maximum atomic E-state index is 6.57. The maximum Gasteiger partial charge on any atom is 0.0731 e. The van der Waals surface area contributed by atoms with Gasteiger partial charge in [0, 0.05) is 4.88 Å². The SMILES string of the molecule is Cc1cc(C(N)c2ccc3c4c(cccc24)CC3)sc1Br. The third-order valence-electron chi connectivity index (χ3n) is 4.43. The minimum absolute atomic E-state index is 0.0510. The van der Waals surface area contributed by atoms with Crippen LogP contribution in [-0.2, 0) is 12.8 Å². The summed E-state index contributed by atoms with van der Waals surface area (Å²) < 4.78 is 1.18. The van der Waals surface area contributed by atoms with Crippen LogP contribution in [0.15, 0.2) is 40.2 Å². The molecule has 3 aromatic rings. The highest BCUT2D eigenvalue weighted by Gasteiger charge is 2.20. The van der Waals surface area contributed by atoms with Gasteiger partial charge in [-0.25, -0.2) is 0 Å². The van der Waals surface area contributed by atoms with Gasteiger partial charge in [-0.3, -0.25) is 0 Å². The lowest BCUT2D eigenvalue weighted by molar-refractivity contribution is 0.902. The van der Waals surface area contributed by atoms with Gasteiger partial charge in [0.05, 0.1) is 9.83 Å². The van der Waals surface area contributed by atoms with Gasteiger partial charge in [-0.1, -0.05) is 30.3 Å². The summed E-state index contributed by atoms with van der Waals surface area (Å²) in [4.78, 5) is 1.22. The molecule has 21 heavy (non-hydrogen) atoms. The first kappa shape index (κ1) is 13.5. The molecule has 1 atom stereocenters. The van der Waals surface area contributed by atoms with E-state index in [1.54, 1.807) is 11.3 Å². The number of halogens is 1. The standard InChI is InChI=1S/C18H16BrNS/c1-10-9-15(21-18(10)19)17(20)14-8-7-12-6-5-11-3-2-4-13(14)16(11)12/h2-4,7-9,17H,5-6,20H2,1H3. The van der Waals surface area contributed by atoms with Crippen molar-refractivity contribution in [2.24, 2.45) is 5.73 Å². The molecule has 0 amide bonds. The Bertz CT molecular complexity index is 820. The molecule has 1 aromatic heterocycles. The predicted octanol–water partition coefficient (Wildman–Crippen LogP) is 5.12. The van der Waals surface area contributed by atoms with Gasteiger partial charge < -0.3 is 5.73 Å². The Kier molecular flexibility index (Phi) is 3.18. The molecule has 0 bridgehead atoms. The summed E-state index contributed by atoms with van der Waals surface area (Å²) in [5, 5.41) is 2.77. The first-order valence-corrected chi connectivity index (χ1v) is 8.81. The summed E-state index contributed by atoms with van der Waals surface area (Å²) in [6.07, 6.45) is 2.32. The van der Waals surface area contributed by atoms with Crippen molar-refractivity contribution >= 4 is 38.0 Å². The zero-order valence-electron chi connectivity index (χ0n) is 11.8. The van der Waals surface area contributed by atoms with E-state index in [0.717, 1.165) is 12.8 Å². The molecule has 1 unspecified atom stereocenters. The van der Waals surface area contributed by atoms with E-state index < -0.39 is 0 Å². The molecule has 1 aliphatic carbocycles. The fourth-order valence-corrected chi connectivity index (χ4v) is 4.92. The maximum absolute atomic E-state index is 6.57. The lowest BCUT2D eigenvalue weighted by Crippen LogP contribution is -2.11. The van der Waals surface area contributed by atoms with Crippen molar-refractivity contribution in [2.45, 2.75) is 25.8 Å². The number of aryl methyl sites for hydroxylation is 3. The Hall–Kier alpha value is -1.16. The van der Waals surface area contributed by atoms with Crippen LogP contribution < -0.4 is 5.73 Å². The quantitative estimate of drug-likeness (QED) is 0.676.